The third-order valence-corrected chi connectivity index (χ3v) is 5.15. The Balaban J connectivity index is 0.00000324. The highest BCUT2D eigenvalue weighted by molar-refractivity contribution is 7.89. The fourth-order valence-electron chi connectivity index (χ4n) is 2.00. The molecule has 1 aliphatic heterocycles. The number of sulfonamides is 1. The molecule has 1 heterocycles. The maximum absolute atomic E-state index is 11.8. The largest absolute Gasteiger partial charge is 0.352 e. The Morgan fingerprint density at radius 1 is 1.47 bits per heavy atom. The number of nitrogens with zero attached hydrogens (tertiary/aromatic N) is 1. The van der Waals surface area contributed by atoms with E-state index in [0.717, 1.165) is 23.8 Å². The quantitative estimate of drug-likeness (QED) is 0.737. The highest BCUT2D eigenvalue weighted by Gasteiger charge is 2.24. The van der Waals surface area contributed by atoms with Crippen LogP contribution in [0.2, 0.25) is 0 Å². The van der Waals surface area contributed by atoms with Crippen LogP contribution in [0.5, 0.6) is 0 Å². The van der Waals surface area contributed by atoms with E-state index in [1.54, 1.807) is 6.92 Å². The molecular formula is C11H24ClN3O3S. The SMILES string of the molecule is CCS(=O)(=O)N(C)CC(=O)NC1CCNCC1C.Cl. The van der Waals surface area contributed by atoms with E-state index in [2.05, 4.69) is 17.6 Å². The smallest absolute Gasteiger partial charge is 0.235 e. The normalized spacial score (nSPS) is 23.8. The van der Waals surface area contributed by atoms with E-state index >= 15 is 0 Å². The van der Waals surface area contributed by atoms with E-state index in [0.29, 0.717) is 5.92 Å². The minimum Gasteiger partial charge on any atom is -0.352 e. The predicted molar refractivity (Wildman–Crippen MR) is 77.9 cm³/mol. The Labute approximate surface area is 121 Å². The van der Waals surface area contributed by atoms with Crippen molar-refractivity contribution in [1.82, 2.24) is 14.9 Å². The zero-order valence-electron chi connectivity index (χ0n) is 11.7. The van der Waals surface area contributed by atoms with Crippen LogP contribution in [0.1, 0.15) is 20.3 Å². The summed E-state index contributed by atoms with van der Waals surface area (Å²) >= 11 is 0. The van der Waals surface area contributed by atoms with Gasteiger partial charge < -0.3 is 10.6 Å². The molecule has 0 aromatic heterocycles. The molecule has 0 radical (unpaired) electrons. The van der Waals surface area contributed by atoms with Crippen molar-refractivity contribution in [2.75, 3.05) is 32.4 Å². The fraction of sp³-hybridized carbons (Fsp3) is 0.909. The summed E-state index contributed by atoms with van der Waals surface area (Å²) < 4.78 is 24.2. The Hall–Kier alpha value is -0.370. The molecule has 2 atom stereocenters. The number of carbonyl (C=O) groups excluding carboxylic acids is 1. The number of rotatable bonds is 5. The van der Waals surface area contributed by atoms with Crippen LogP contribution >= 0.6 is 12.4 Å². The van der Waals surface area contributed by atoms with Gasteiger partial charge in [0.25, 0.3) is 0 Å². The van der Waals surface area contributed by atoms with Crippen molar-refractivity contribution in [2.24, 2.45) is 5.92 Å². The Morgan fingerprint density at radius 3 is 2.63 bits per heavy atom. The lowest BCUT2D eigenvalue weighted by atomic mass is 9.95. The number of likely N-dealkylation sites (N-methyl/N-ethyl adjacent to an activating group) is 1. The van der Waals surface area contributed by atoms with Crippen LogP contribution in [0.3, 0.4) is 0 Å². The van der Waals surface area contributed by atoms with Crippen LogP contribution in [-0.4, -0.2) is 57.1 Å². The molecule has 1 rings (SSSR count). The van der Waals surface area contributed by atoms with Crippen molar-refractivity contribution in [3.63, 3.8) is 0 Å². The Kier molecular flexibility index (Phi) is 7.88. The molecule has 8 heteroatoms. The summed E-state index contributed by atoms with van der Waals surface area (Å²) in [6.45, 7) is 5.31. The van der Waals surface area contributed by atoms with Crippen LogP contribution in [0.25, 0.3) is 0 Å². The average molecular weight is 314 g/mol. The molecule has 1 aliphatic rings. The summed E-state index contributed by atoms with van der Waals surface area (Å²) in [6.07, 6.45) is 0.886. The minimum absolute atomic E-state index is 0. The van der Waals surface area contributed by atoms with Gasteiger partial charge in [-0.25, -0.2) is 8.42 Å². The lowest BCUT2D eigenvalue weighted by molar-refractivity contribution is -0.122. The minimum atomic E-state index is -3.29. The maximum atomic E-state index is 11.8. The first-order valence-corrected chi connectivity index (χ1v) is 7.91. The van der Waals surface area contributed by atoms with Gasteiger partial charge in [-0.05, 0) is 32.4 Å². The third-order valence-electron chi connectivity index (χ3n) is 3.34. The van der Waals surface area contributed by atoms with Crippen LogP contribution in [-0.2, 0) is 14.8 Å². The van der Waals surface area contributed by atoms with Gasteiger partial charge in [0.2, 0.25) is 15.9 Å². The molecule has 1 saturated heterocycles. The number of hydrogen-bond acceptors (Lipinski definition) is 4. The second-order valence-corrected chi connectivity index (χ2v) is 7.17. The zero-order valence-corrected chi connectivity index (χ0v) is 13.3. The molecule has 114 valence electrons. The van der Waals surface area contributed by atoms with Crippen molar-refractivity contribution >= 4 is 28.3 Å². The Bertz CT molecular complexity index is 389. The second kappa shape index (κ2) is 8.04. The molecule has 0 spiro atoms. The number of halogens is 1. The van der Waals surface area contributed by atoms with Gasteiger partial charge in [0.15, 0.2) is 0 Å². The first-order chi connectivity index (χ1) is 8.36. The lowest BCUT2D eigenvalue weighted by Crippen LogP contribution is -2.50. The summed E-state index contributed by atoms with van der Waals surface area (Å²) in [5.74, 6) is 0.157. The van der Waals surface area contributed by atoms with Gasteiger partial charge in [0.1, 0.15) is 0 Å². The van der Waals surface area contributed by atoms with Crippen molar-refractivity contribution < 1.29 is 13.2 Å². The molecule has 2 unspecified atom stereocenters. The first-order valence-electron chi connectivity index (χ1n) is 6.31. The van der Waals surface area contributed by atoms with E-state index in [1.165, 1.54) is 7.05 Å². The average Bonchev–Trinajstić information content (AvgIpc) is 2.32. The second-order valence-electron chi connectivity index (χ2n) is 4.80. The van der Waals surface area contributed by atoms with Crippen LogP contribution in [0.4, 0.5) is 0 Å². The summed E-state index contributed by atoms with van der Waals surface area (Å²) in [6, 6.07) is 0.136. The molecule has 0 saturated carbocycles. The molecule has 0 aliphatic carbocycles. The van der Waals surface area contributed by atoms with Crippen molar-refractivity contribution in [1.29, 1.82) is 0 Å². The summed E-state index contributed by atoms with van der Waals surface area (Å²) in [5, 5.41) is 6.16. The molecule has 19 heavy (non-hydrogen) atoms. The molecule has 1 fully saturated rings. The molecule has 1 amide bonds. The standard InChI is InChI=1S/C11H23N3O3S.ClH/c1-4-18(16,17)14(3)8-11(15)13-10-5-6-12-7-9(10)2;/h9-10,12H,4-8H2,1-3H3,(H,13,15);1H. The number of carbonyl (C=O) groups is 1. The van der Waals surface area contributed by atoms with Crippen LogP contribution in [0.15, 0.2) is 0 Å². The van der Waals surface area contributed by atoms with Gasteiger partial charge in [-0.2, -0.15) is 4.31 Å². The first kappa shape index (κ1) is 18.6. The topological polar surface area (TPSA) is 78.5 Å². The summed E-state index contributed by atoms with van der Waals surface area (Å²) in [4.78, 5) is 11.8. The van der Waals surface area contributed by atoms with E-state index < -0.39 is 10.0 Å². The number of piperidine rings is 1. The van der Waals surface area contributed by atoms with Crippen molar-refractivity contribution in [3.05, 3.63) is 0 Å². The van der Waals surface area contributed by atoms with Gasteiger partial charge in [-0.1, -0.05) is 6.92 Å². The van der Waals surface area contributed by atoms with Crippen molar-refractivity contribution in [3.8, 4) is 0 Å². The van der Waals surface area contributed by atoms with E-state index in [4.69, 9.17) is 0 Å². The number of nitrogens with one attached hydrogen (secondary N) is 2. The molecule has 0 aromatic rings. The number of hydrogen-bond donors (Lipinski definition) is 2. The molecule has 0 aromatic carbocycles. The van der Waals surface area contributed by atoms with Gasteiger partial charge in [0.05, 0.1) is 12.3 Å². The zero-order chi connectivity index (χ0) is 13.8. The Morgan fingerprint density at radius 2 is 2.11 bits per heavy atom. The maximum Gasteiger partial charge on any atom is 0.235 e. The van der Waals surface area contributed by atoms with Gasteiger partial charge >= 0.3 is 0 Å². The predicted octanol–water partition coefficient (Wildman–Crippen LogP) is -0.196. The highest BCUT2D eigenvalue weighted by Crippen LogP contribution is 2.10. The molecule has 2 N–H and O–H groups in total. The highest BCUT2D eigenvalue weighted by atomic mass is 35.5. The van der Waals surface area contributed by atoms with Crippen molar-refractivity contribution in [2.45, 2.75) is 26.3 Å². The molecular weight excluding hydrogens is 290 g/mol. The van der Waals surface area contributed by atoms with Gasteiger partial charge in [0, 0.05) is 13.1 Å². The molecule has 6 nitrogen and oxygen atoms in total. The van der Waals surface area contributed by atoms with Crippen LogP contribution < -0.4 is 10.6 Å². The van der Waals surface area contributed by atoms with Gasteiger partial charge in [-0.3, -0.25) is 4.79 Å². The van der Waals surface area contributed by atoms with E-state index in [-0.39, 0.29) is 36.7 Å². The fourth-order valence-corrected chi connectivity index (χ4v) is 2.76. The van der Waals surface area contributed by atoms with Crippen LogP contribution in [0, 0.1) is 5.92 Å². The number of amides is 1. The lowest BCUT2D eigenvalue weighted by Gasteiger charge is -2.30. The monoisotopic (exact) mass is 313 g/mol. The van der Waals surface area contributed by atoms with Gasteiger partial charge in [-0.15, -0.1) is 12.4 Å². The van der Waals surface area contributed by atoms with E-state index in [1.807, 2.05) is 0 Å². The summed E-state index contributed by atoms with van der Waals surface area (Å²) in [7, 11) is -1.85. The van der Waals surface area contributed by atoms with E-state index in [9.17, 15) is 13.2 Å². The third kappa shape index (κ3) is 5.64. The molecule has 0 bridgehead atoms. The summed E-state index contributed by atoms with van der Waals surface area (Å²) in [5.41, 5.74) is 0.